The highest BCUT2D eigenvalue weighted by molar-refractivity contribution is 5.93. The molecule has 3 N–H and O–H groups in total. The van der Waals surface area contributed by atoms with Crippen LogP contribution in [-0.4, -0.2) is 28.4 Å². The molecule has 0 aliphatic carbocycles. The van der Waals surface area contributed by atoms with Crippen molar-refractivity contribution in [1.82, 2.24) is 9.97 Å². The highest BCUT2D eigenvalue weighted by atomic mass is 15.3. The number of anilines is 1. The lowest BCUT2D eigenvalue weighted by molar-refractivity contribution is 0.547. The molecule has 1 aliphatic rings. The molecule has 18 heavy (non-hydrogen) atoms. The van der Waals surface area contributed by atoms with E-state index in [1.165, 1.54) is 25.7 Å². The largest absolute Gasteiger partial charge is 0.382 e. The maximum Gasteiger partial charge on any atom is 0.226 e. The van der Waals surface area contributed by atoms with Gasteiger partial charge in [-0.2, -0.15) is 0 Å². The Bertz CT molecular complexity index is 418. The van der Waals surface area contributed by atoms with E-state index in [0.717, 1.165) is 18.9 Å². The highest BCUT2D eigenvalue weighted by Gasteiger charge is 2.22. The van der Waals surface area contributed by atoms with E-state index in [2.05, 4.69) is 21.8 Å². The van der Waals surface area contributed by atoms with Crippen LogP contribution >= 0.6 is 0 Å². The molecule has 1 aliphatic heterocycles. The van der Waals surface area contributed by atoms with Gasteiger partial charge in [0.2, 0.25) is 5.95 Å². The van der Waals surface area contributed by atoms with Crippen LogP contribution in [0.4, 0.5) is 5.95 Å². The molecular formula is C13H21N5. The molecule has 5 nitrogen and oxygen atoms in total. The van der Waals surface area contributed by atoms with Crippen LogP contribution in [0.25, 0.3) is 0 Å². The van der Waals surface area contributed by atoms with Crippen LogP contribution in [0.3, 0.4) is 0 Å². The van der Waals surface area contributed by atoms with Crippen LogP contribution in [0.15, 0.2) is 12.3 Å². The molecule has 1 aromatic heterocycles. The van der Waals surface area contributed by atoms with E-state index < -0.39 is 0 Å². The van der Waals surface area contributed by atoms with E-state index in [9.17, 15) is 0 Å². The molecule has 5 heteroatoms. The van der Waals surface area contributed by atoms with E-state index in [1.807, 2.05) is 0 Å². The number of nitrogens with two attached hydrogens (primary N) is 1. The second-order valence-corrected chi connectivity index (χ2v) is 4.76. The second-order valence-electron chi connectivity index (χ2n) is 4.76. The molecule has 0 amide bonds. The van der Waals surface area contributed by atoms with Gasteiger partial charge in [0.15, 0.2) is 0 Å². The third kappa shape index (κ3) is 2.78. The minimum absolute atomic E-state index is 0.00141. The van der Waals surface area contributed by atoms with Gasteiger partial charge in [0.05, 0.1) is 0 Å². The Hall–Kier alpha value is -1.65. The zero-order valence-electron chi connectivity index (χ0n) is 10.9. The van der Waals surface area contributed by atoms with Crippen molar-refractivity contribution in [1.29, 1.82) is 5.41 Å². The minimum atomic E-state index is 0.00141. The standard InChI is InChI=1S/C13H21N5/c1-2-10-6-4-3-5-9-18(10)13-16-8-7-11(17-13)12(14)15/h7-8,10H,2-6,9H2,1H3,(H3,14,15). The third-order valence-electron chi connectivity index (χ3n) is 3.52. The Balaban J connectivity index is 2.26. The monoisotopic (exact) mass is 247 g/mol. The number of nitrogens with zero attached hydrogens (tertiary/aromatic N) is 3. The van der Waals surface area contributed by atoms with Crippen molar-refractivity contribution in [2.24, 2.45) is 5.73 Å². The van der Waals surface area contributed by atoms with Gasteiger partial charge in [-0.3, -0.25) is 5.41 Å². The molecule has 1 atom stereocenters. The van der Waals surface area contributed by atoms with Crippen molar-refractivity contribution < 1.29 is 0 Å². The van der Waals surface area contributed by atoms with Gasteiger partial charge < -0.3 is 10.6 Å². The summed E-state index contributed by atoms with van der Waals surface area (Å²) in [5.41, 5.74) is 6.00. The fourth-order valence-electron chi connectivity index (χ4n) is 2.50. The molecule has 2 heterocycles. The first-order chi connectivity index (χ1) is 8.72. The Morgan fingerprint density at radius 3 is 3.06 bits per heavy atom. The van der Waals surface area contributed by atoms with Gasteiger partial charge in [0.1, 0.15) is 11.5 Å². The summed E-state index contributed by atoms with van der Waals surface area (Å²) in [5, 5.41) is 7.45. The molecule has 98 valence electrons. The van der Waals surface area contributed by atoms with Crippen molar-refractivity contribution in [3.05, 3.63) is 18.0 Å². The fourth-order valence-corrected chi connectivity index (χ4v) is 2.50. The predicted molar refractivity (Wildman–Crippen MR) is 72.9 cm³/mol. The number of nitrogen functional groups attached to an aromatic ring is 1. The van der Waals surface area contributed by atoms with E-state index >= 15 is 0 Å². The molecule has 0 aromatic carbocycles. The van der Waals surface area contributed by atoms with Crippen LogP contribution < -0.4 is 10.6 Å². The highest BCUT2D eigenvalue weighted by Crippen LogP contribution is 2.22. The first-order valence-corrected chi connectivity index (χ1v) is 6.66. The fraction of sp³-hybridized carbons (Fsp3) is 0.615. The lowest BCUT2D eigenvalue weighted by Crippen LogP contribution is -2.36. The number of nitrogens with one attached hydrogen (secondary N) is 1. The lowest BCUT2D eigenvalue weighted by Gasteiger charge is -2.29. The van der Waals surface area contributed by atoms with Crippen LogP contribution in [0.1, 0.15) is 44.7 Å². The van der Waals surface area contributed by atoms with Crippen molar-refractivity contribution in [2.45, 2.75) is 45.1 Å². The summed E-state index contributed by atoms with van der Waals surface area (Å²) >= 11 is 0. The van der Waals surface area contributed by atoms with Crippen LogP contribution in [0, 0.1) is 5.41 Å². The summed E-state index contributed by atoms with van der Waals surface area (Å²) in [5.74, 6) is 0.720. The van der Waals surface area contributed by atoms with Crippen LogP contribution in [0.2, 0.25) is 0 Å². The SMILES string of the molecule is CCC1CCCCCN1c1nccc(C(=N)N)n1. The number of amidine groups is 1. The van der Waals surface area contributed by atoms with Gasteiger partial charge in [0, 0.05) is 18.8 Å². The normalized spacial score (nSPS) is 20.5. The molecule has 2 rings (SSSR count). The second kappa shape index (κ2) is 5.80. The molecule has 1 unspecified atom stereocenters. The van der Waals surface area contributed by atoms with Crippen LogP contribution in [0.5, 0.6) is 0 Å². The maximum absolute atomic E-state index is 7.45. The maximum atomic E-state index is 7.45. The van der Waals surface area contributed by atoms with E-state index in [4.69, 9.17) is 11.1 Å². The van der Waals surface area contributed by atoms with Gasteiger partial charge in [0.25, 0.3) is 0 Å². The van der Waals surface area contributed by atoms with Crippen molar-refractivity contribution in [3.63, 3.8) is 0 Å². The molecule has 0 spiro atoms. The smallest absolute Gasteiger partial charge is 0.226 e. The topological polar surface area (TPSA) is 78.9 Å². The summed E-state index contributed by atoms with van der Waals surface area (Å²) in [6.45, 7) is 3.21. The van der Waals surface area contributed by atoms with Gasteiger partial charge in [-0.1, -0.05) is 19.8 Å². The number of hydrogen-bond acceptors (Lipinski definition) is 4. The summed E-state index contributed by atoms with van der Waals surface area (Å²) in [7, 11) is 0. The Morgan fingerprint density at radius 1 is 1.50 bits per heavy atom. The quantitative estimate of drug-likeness (QED) is 0.632. The van der Waals surface area contributed by atoms with Crippen molar-refractivity contribution in [2.75, 3.05) is 11.4 Å². The predicted octanol–water partition coefficient (Wildman–Crippen LogP) is 1.92. The molecule has 0 bridgehead atoms. The van der Waals surface area contributed by atoms with Crippen molar-refractivity contribution >= 4 is 11.8 Å². The summed E-state index contributed by atoms with van der Waals surface area (Å²) in [4.78, 5) is 11.0. The Kier molecular flexibility index (Phi) is 4.12. The number of aromatic nitrogens is 2. The molecular weight excluding hydrogens is 226 g/mol. The summed E-state index contributed by atoms with van der Waals surface area (Å²) in [6, 6.07) is 2.19. The third-order valence-corrected chi connectivity index (χ3v) is 3.52. The van der Waals surface area contributed by atoms with Gasteiger partial charge in [-0.25, -0.2) is 9.97 Å². The first-order valence-electron chi connectivity index (χ1n) is 6.66. The lowest BCUT2D eigenvalue weighted by atomic mass is 10.1. The summed E-state index contributed by atoms with van der Waals surface area (Å²) in [6.07, 6.45) is 7.74. The molecule has 0 saturated carbocycles. The molecule has 1 saturated heterocycles. The first kappa shape index (κ1) is 12.8. The van der Waals surface area contributed by atoms with Crippen LogP contribution in [-0.2, 0) is 0 Å². The Morgan fingerprint density at radius 2 is 2.33 bits per heavy atom. The number of rotatable bonds is 3. The summed E-state index contributed by atoms with van der Waals surface area (Å²) < 4.78 is 0. The average Bonchev–Trinajstić information content (AvgIpc) is 2.63. The van der Waals surface area contributed by atoms with E-state index in [0.29, 0.717) is 11.7 Å². The van der Waals surface area contributed by atoms with Gasteiger partial charge in [-0.15, -0.1) is 0 Å². The zero-order chi connectivity index (χ0) is 13.0. The van der Waals surface area contributed by atoms with Gasteiger partial charge in [-0.05, 0) is 25.3 Å². The zero-order valence-corrected chi connectivity index (χ0v) is 10.9. The van der Waals surface area contributed by atoms with E-state index in [-0.39, 0.29) is 5.84 Å². The van der Waals surface area contributed by atoms with E-state index in [1.54, 1.807) is 12.3 Å². The molecule has 0 radical (unpaired) electrons. The number of hydrogen-bond donors (Lipinski definition) is 2. The molecule has 1 aromatic rings. The minimum Gasteiger partial charge on any atom is -0.382 e. The Labute approximate surface area is 108 Å². The van der Waals surface area contributed by atoms with Crippen molar-refractivity contribution in [3.8, 4) is 0 Å². The van der Waals surface area contributed by atoms with Gasteiger partial charge >= 0.3 is 0 Å². The average molecular weight is 247 g/mol. The molecule has 1 fully saturated rings.